The SMILES string of the molecule is CSCC(C)NC(C)c1ccc(F)c(F)c1. The van der Waals surface area contributed by atoms with Crippen molar-refractivity contribution in [3.05, 3.63) is 35.4 Å². The largest absolute Gasteiger partial charge is 0.307 e. The molecule has 1 N–H and O–H groups in total. The highest BCUT2D eigenvalue weighted by Crippen LogP contribution is 2.16. The topological polar surface area (TPSA) is 12.0 Å². The van der Waals surface area contributed by atoms with Gasteiger partial charge in [0.15, 0.2) is 11.6 Å². The van der Waals surface area contributed by atoms with E-state index in [0.717, 1.165) is 11.3 Å². The zero-order chi connectivity index (χ0) is 12.1. The number of hydrogen-bond acceptors (Lipinski definition) is 2. The van der Waals surface area contributed by atoms with Crippen LogP contribution in [0.25, 0.3) is 0 Å². The predicted octanol–water partition coefficient (Wildman–Crippen LogP) is 3.37. The van der Waals surface area contributed by atoms with Crippen molar-refractivity contribution in [2.45, 2.75) is 25.9 Å². The van der Waals surface area contributed by atoms with Crippen LogP contribution >= 0.6 is 11.8 Å². The summed E-state index contributed by atoms with van der Waals surface area (Å²) in [6, 6.07) is 4.40. The molecular formula is C12H17F2NS. The maximum Gasteiger partial charge on any atom is 0.159 e. The Morgan fingerprint density at radius 2 is 1.94 bits per heavy atom. The zero-order valence-corrected chi connectivity index (χ0v) is 10.6. The van der Waals surface area contributed by atoms with E-state index in [4.69, 9.17) is 0 Å². The van der Waals surface area contributed by atoms with E-state index in [9.17, 15) is 8.78 Å². The molecule has 2 unspecified atom stereocenters. The Hall–Kier alpha value is -0.610. The first-order valence-corrected chi connectivity index (χ1v) is 6.64. The molecule has 0 saturated heterocycles. The molecule has 0 heterocycles. The maximum atomic E-state index is 13.0. The van der Waals surface area contributed by atoms with Gasteiger partial charge in [-0.05, 0) is 37.8 Å². The van der Waals surface area contributed by atoms with Crippen molar-refractivity contribution in [2.75, 3.05) is 12.0 Å². The molecule has 0 aliphatic carbocycles. The van der Waals surface area contributed by atoms with E-state index in [1.165, 1.54) is 12.1 Å². The molecule has 0 spiro atoms. The molecule has 0 bridgehead atoms. The zero-order valence-electron chi connectivity index (χ0n) is 9.76. The van der Waals surface area contributed by atoms with E-state index in [1.807, 2.05) is 13.2 Å². The van der Waals surface area contributed by atoms with Gasteiger partial charge < -0.3 is 5.32 Å². The van der Waals surface area contributed by atoms with Crippen molar-refractivity contribution in [2.24, 2.45) is 0 Å². The Morgan fingerprint density at radius 1 is 1.25 bits per heavy atom. The van der Waals surface area contributed by atoms with E-state index in [0.29, 0.717) is 6.04 Å². The van der Waals surface area contributed by atoms with Crippen LogP contribution in [-0.2, 0) is 0 Å². The van der Waals surface area contributed by atoms with Crippen molar-refractivity contribution in [3.8, 4) is 0 Å². The van der Waals surface area contributed by atoms with Gasteiger partial charge in [0.05, 0.1) is 0 Å². The van der Waals surface area contributed by atoms with Crippen LogP contribution in [-0.4, -0.2) is 18.1 Å². The summed E-state index contributed by atoms with van der Waals surface area (Å²) in [5.74, 6) is -0.592. The van der Waals surface area contributed by atoms with Gasteiger partial charge in [-0.1, -0.05) is 6.07 Å². The second-order valence-electron chi connectivity index (χ2n) is 3.92. The van der Waals surface area contributed by atoms with Gasteiger partial charge in [0.25, 0.3) is 0 Å². The minimum atomic E-state index is -0.798. The van der Waals surface area contributed by atoms with Gasteiger partial charge in [0, 0.05) is 17.8 Å². The van der Waals surface area contributed by atoms with Gasteiger partial charge in [0.2, 0.25) is 0 Å². The molecule has 1 nitrogen and oxygen atoms in total. The third-order valence-electron chi connectivity index (χ3n) is 2.39. The molecule has 0 amide bonds. The second kappa shape index (κ2) is 6.21. The number of thioether (sulfide) groups is 1. The van der Waals surface area contributed by atoms with Gasteiger partial charge in [-0.2, -0.15) is 11.8 Å². The van der Waals surface area contributed by atoms with Gasteiger partial charge in [-0.25, -0.2) is 8.78 Å². The first-order valence-electron chi connectivity index (χ1n) is 5.24. The smallest absolute Gasteiger partial charge is 0.159 e. The minimum Gasteiger partial charge on any atom is -0.307 e. The molecule has 0 saturated carbocycles. The van der Waals surface area contributed by atoms with Crippen LogP contribution in [0.5, 0.6) is 0 Å². The fourth-order valence-corrected chi connectivity index (χ4v) is 2.20. The highest BCUT2D eigenvalue weighted by molar-refractivity contribution is 7.98. The summed E-state index contributed by atoms with van der Waals surface area (Å²) in [4.78, 5) is 0. The Kier molecular flexibility index (Phi) is 5.22. The summed E-state index contributed by atoms with van der Waals surface area (Å²) in [5, 5.41) is 3.33. The Balaban J connectivity index is 2.65. The molecule has 90 valence electrons. The highest BCUT2D eigenvalue weighted by Gasteiger charge is 2.11. The van der Waals surface area contributed by atoms with Crippen LogP contribution in [0, 0.1) is 11.6 Å². The number of nitrogens with one attached hydrogen (secondary N) is 1. The second-order valence-corrected chi connectivity index (χ2v) is 4.83. The van der Waals surface area contributed by atoms with Crippen molar-refractivity contribution >= 4 is 11.8 Å². The molecule has 0 radical (unpaired) electrons. The average molecular weight is 245 g/mol. The Bertz CT molecular complexity index is 344. The van der Waals surface area contributed by atoms with E-state index in [1.54, 1.807) is 17.8 Å². The standard InChI is InChI=1S/C12H17F2NS/c1-8(7-16-3)15-9(2)10-4-5-11(13)12(14)6-10/h4-6,8-9,15H,7H2,1-3H3. The Morgan fingerprint density at radius 3 is 2.50 bits per heavy atom. The van der Waals surface area contributed by atoms with Gasteiger partial charge >= 0.3 is 0 Å². The summed E-state index contributed by atoms with van der Waals surface area (Å²) in [7, 11) is 0. The molecule has 16 heavy (non-hydrogen) atoms. The lowest BCUT2D eigenvalue weighted by Gasteiger charge is -2.19. The lowest BCUT2D eigenvalue weighted by Crippen LogP contribution is -2.30. The molecule has 2 atom stereocenters. The van der Waals surface area contributed by atoms with Crippen LogP contribution < -0.4 is 5.32 Å². The number of benzene rings is 1. The molecule has 0 aliphatic rings. The first-order chi connectivity index (χ1) is 7.54. The summed E-state index contributed by atoms with van der Waals surface area (Å²) >= 11 is 1.76. The number of hydrogen-bond donors (Lipinski definition) is 1. The molecule has 1 aromatic carbocycles. The summed E-state index contributed by atoms with van der Waals surface area (Å²) in [6.07, 6.45) is 2.04. The van der Waals surface area contributed by atoms with Crippen LogP contribution in [0.15, 0.2) is 18.2 Å². The molecule has 0 aromatic heterocycles. The van der Waals surface area contributed by atoms with Crippen LogP contribution in [0.4, 0.5) is 8.78 Å². The monoisotopic (exact) mass is 245 g/mol. The normalized spacial score (nSPS) is 14.8. The van der Waals surface area contributed by atoms with Crippen molar-refractivity contribution in [1.82, 2.24) is 5.32 Å². The lowest BCUT2D eigenvalue weighted by molar-refractivity contribution is 0.489. The summed E-state index contributed by atoms with van der Waals surface area (Å²) in [6.45, 7) is 4.02. The molecule has 1 rings (SSSR count). The molecule has 0 fully saturated rings. The van der Waals surface area contributed by atoms with E-state index in [2.05, 4.69) is 12.2 Å². The Labute approximate surface area is 99.6 Å². The van der Waals surface area contributed by atoms with Crippen LogP contribution in [0.1, 0.15) is 25.5 Å². The molecule has 4 heteroatoms. The van der Waals surface area contributed by atoms with Gasteiger partial charge in [-0.3, -0.25) is 0 Å². The van der Waals surface area contributed by atoms with Crippen molar-refractivity contribution < 1.29 is 8.78 Å². The fraction of sp³-hybridized carbons (Fsp3) is 0.500. The van der Waals surface area contributed by atoms with E-state index in [-0.39, 0.29) is 6.04 Å². The number of rotatable bonds is 5. The number of halogens is 2. The average Bonchev–Trinajstić information content (AvgIpc) is 2.22. The third kappa shape index (κ3) is 3.76. The third-order valence-corrected chi connectivity index (χ3v) is 3.23. The highest BCUT2D eigenvalue weighted by atomic mass is 32.2. The molecular weight excluding hydrogens is 228 g/mol. The van der Waals surface area contributed by atoms with Gasteiger partial charge in [-0.15, -0.1) is 0 Å². The van der Waals surface area contributed by atoms with Gasteiger partial charge in [0.1, 0.15) is 0 Å². The minimum absolute atomic E-state index is 0.0252. The lowest BCUT2D eigenvalue weighted by atomic mass is 10.1. The van der Waals surface area contributed by atoms with E-state index >= 15 is 0 Å². The first kappa shape index (κ1) is 13.5. The van der Waals surface area contributed by atoms with Crippen molar-refractivity contribution in [3.63, 3.8) is 0 Å². The van der Waals surface area contributed by atoms with E-state index < -0.39 is 11.6 Å². The predicted molar refractivity (Wildman–Crippen MR) is 65.8 cm³/mol. The molecule has 0 aliphatic heterocycles. The van der Waals surface area contributed by atoms with Crippen molar-refractivity contribution in [1.29, 1.82) is 0 Å². The maximum absolute atomic E-state index is 13.0. The van der Waals surface area contributed by atoms with Crippen LogP contribution in [0.3, 0.4) is 0 Å². The summed E-state index contributed by atoms with van der Waals surface area (Å²) in [5.41, 5.74) is 0.770. The quantitative estimate of drug-likeness (QED) is 0.853. The molecule has 1 aromatic rings. The van der Waals surface area contributed by atoms with Crippen LogP contribution in [0.2, 0.25) is 0 Å². The fourth-order valence-electron chi connectivity index (χ4n) is 1.60. The summed E-state index contributed by atoms with van der Waals surface area (Å²) < 4.78 is 25.8.